The van der Waals surface area contributed by atoms with Crippen molar-refractivity contribution in [2.75, 3.05) is 0 Å². The highest BCUT2D eigenvalue weighted by Gasteiger charge is 2.09. The molecule has 2 rings (SSSR count). The summed E-state index contributed by atoms with van der Waals surface area (Å²) in [6, 6.07) is 13.2. The van der Waals surface area contributed by atoms with Crippen LogP contribution in [0, 0.1) is 0 Å². The largest absolute Gasteiger partial charge is 0.506 e. The molecule has 1 N–H and O–H groups in total. The summed E-state index contributed by atoms with van der Waals surface area (Å²) in [7, 11) is 0. The van der Waals surface area contributed by atoms with E-state index in [0.29, 0.717) is 9.50 Å². The zero-order valence-corrected chi connectivity index (χ0v) is 10.1. The third-order valence-electron chi connectivity index (χ3n) is 2.15. The summed E-state index contributed by atoms with van der Waals surface area (Å²) >= 11 is 9.11. The molecule has 0 aliphatic carbocycles. The summed E-state index contributed by atoms with van der Waals surface area (Å²) in [4.78, 5) is 0. The number of benzene rings is 2. The van der Waals surface area contributed by atoms with E-state index in [2.05, 4.69) is 15.9 Å². The predicted octanol–water partition coefficient (Wildman–Crippen LogP) is 4.48. The highest BCUT2D eigenvalue weighted by Crippen LogP contribution is 2.39. The van der Waals surface area contributed by atoms with Gasteiger partial charge in [-0.2, -0.15) is 0 Å². The van der Waals surface area contributed by atoms with Crippen molar-refractivity contribution in [3.8, 4) is 16.9 Å². The fourth-order valence-corrected chi connectivity index (χ4v) is 1.89. The van der Waals surface area contributed by atoms with Gasteiger partial charge in [-0.05, 0) is 33.6 Å². The molecule has 0 atom stereocenters. The standard InChI is InChI=1S/C12H8BrClO/c13-11-10(14)7-6-9(12(11)15)8-4-2-1-3-5-8/h1-7,15H. The molecule has 2 aromatic carbocycles. The number of hydrogen-bond donors (Lipinski definition) is 1. The molecule has 2 aromatic rings. The molecule has 0 aromatic heterocycles. The van der Waals surface area contributed by atoms with Crippen LogP contribution in [0.25, 0.3) is 11.1 Å². The summed E-state index contributed by atoms with van der Waals surface area (Å²) in [6.07, 6.45) is 0. The van der Waals surface area contributed by atoms with Crippen LogP contribution in [-0.4, -0.2) is 5.11 Å². The molecule has 0 saturated carbocycles. The van der Waals surface area contributed by atoms with Crippen LogP contribution in [-0.2, 0) is 0 Å². The fourth-order valence-electron chi connectivity index (χ4n) is 1.39. The van der Waals surface area contributed by atoms with Crippen molar-refractivity contribution in [3.63, 3.8) is 0 Å². The average molecular weight is 284 g/mol. The maximum atomic E-state index is 9.90. The first-order chi connectivity index (χ1) is 7.20. The molecule has 0 amide bonds. The van der Waals surface area contributed by atoms with Gasteiger partial charge in [0.25, 0.3) is 0 Å². The fraction of sp³-hybridized carbons (Fsp3) is 0. The Labute approximate surface area is 101 Å². The van der Waals surface area contributed by atoms with E-state index in [-0.39, 0.29) is 5.75 Å². The molecular formula is C12H8BrClO. The van der Waals surface area contributed by atoms with Crippen LogP contribution in [0.5, 0.6) is 5.75 Å². The first-order valence-corrected chi connectivity index (χ1v) is 5.59. The Hall–Kier alpha value is -0.990. The van der Waals surface area contributed by atoms with Gasteiger partial charge < -0.3 is 5.11 Å². The molecule has 0 spiro atoms. The lowest BCUT2D eigenvalue weighted by molar-refractivity contribution is 0.474. The van der Waals surface area contributed by atoms with E-state index in [1.54, 1.807) is 12.1 Å². The number of halogens is 2. The maximum absolute atomic E-state index is 9.90. The Morgan fingerprint density at radius 1 is 1.00 bits per heavy atom. The van der Waals surface area contributed by atoms with Gasteiger partial charge in [0.2, 0.25) is 0 Å². The van der Waals surface area contributed by atoms with Crippen molar-refractivity contribution >= 4 is 27.5 Å². The molecule has 0 saturated heterocycles. The van der Waals surface area contributed by atoms with Crippen LogP contribution in [0.15, 0.2) is 46.9 Å². The lowest BCUT2D eigenvalue weighted by Gasteiger charge is -2.07. The van der Waals surface area contributed by atoms with Gasteiger partial charge in [0.05, 0.1) is 9.50 Å². The van der Waals surface area contributed by atoms with Crippen LogP contribution >= 0.6 is 27.5 Å². The van der Waals surface area contributed by atoms with Crippen LogP contribution in [0.3, 0.4) is 0 Å². The van der Waals surface area contributed by atoms with Crippen molar-refractivity contribution in [2.24, 2.45) is 0 Å². The molecule has 76 valence electrons. The van der Waals surface area contributed by atoms with Gasteiger partial charge in [-0.1, -0.05) is 41.9 Å². The van der Waals surface area contributed by atoms with Gasteiger partial charge in [-0.3, -0.25) is 0 Å². The van der Waals surface area contributed by atoms with Gasteiger partial charge in [0.15, 0.2) is 0 Å². The van der Waals surface area contributed by atoms with Crippen molar-refractivity contribution < 1.29 is 5.11 Å². The summed E-state index contributed by atoms with van der Waals surface area (Å²) in [6.45, 7) is 0. The van der Waals surface area contributed by atoms with Gasteiger partial charge in [0, 0.05) is 5.56 Å². The minimum absolute atomic E-state index is 0.175. The second-order valence-corrected chi connectivity index (χ2v) is 4.32. The normalized spacial score (nSPS) is 10.3. The highest BCUT2D eigenvalue weighted by atomic mass is 79.9. The van der Waals surface area contributed by atoms with Crippen molar-refractivity contribution in [1.82, 2.24) is 0 Å². The quantitative estimate of drug-likeness (QED) is 0.818. The zero-order valence-electron chi connectivity index (χ0n) is 7.74. The molecule has 0 aliphatic heterocycles. The van der Waals surface area contributed by atoms with Crippen LogP contribution < -0.4 is 0 Å². The molecule has 0 heterocycles. The number of rotatable bonds is 1. The third kappa shape index (κ3) is 2.01. The van der Waals surface area contributed by atoms with Crippen molar-refractivity contribution in [3.05, 3.63) is 52.0 Å². The smallest absolute Gasteiger partial charge is 0.139 e. The molecular weight excluding hydrogens is 275 g/mol. The molecule has 15 heavy (non-hydrogen) atoms. The first kappa shape index (κ1) is 10.5. The van der Waals surface area contributed by atoms with E-state index in [1.165, 1.54) is 0 Å². The number of phenols is 1. The Kier molecular flexibility index (Phi) is 2.98. The van der Waals surface area contributed by atoms with Gasteiger partial charge >= 0.3 is 0 Å². The molecule has 0 fully saturated rings. The van der Waals surface area contributed by atoms with E-state index >= 15 is 0 Å². The van der Waals surface area contributed by atoms with E-state index < -0.39 is 0 Å². The van der Waals surface area contributed by atoms with Crippen molar-refractivity contribution in [2.45, 2.75) is 0 Å². The number of aromatic hydroxyl groups is 1. The third-order valence-corrected chi connectivity index (χ3v) is 3.50. The van der Waals surface area contributed by atoms with Crippen LogP contribution in [0.4, 0.5) is 0 Å². The lowest BCUT2D eigenvalue weighted by atomic mass is 10.1. The minimum Gasteiger partial charge on any atom is -0.506 e. The average Bonchev–Trinajstić information content (AvgIpc) is 2.27. The van der Waals surface area contributed by atoms with Crippen molar-refractivity contribution in [1.29, 1.82) is 0 Å². The van der Waals surface area contributed by atoms with Crippen LogP contribution in [0.1, 0.15) is 0 Å². The van der Waals surface area contributed by atoms with E-state index in [0.717, 1.165) is 11.1 Å². The number of phenolic OH excluding ortho intramolecular Hbond substituents is 1. The Bertz CT molecular complexity index is 482. The summed E-state index contributed by atoms with van der Waals surface area (Å²) in [5.74, 6) is 0.175. The maximum Gasteiger partial charge on any atom is 0.139 e. The molecule has 1 nitrogen and oxygen atoms in total. The van der Waals surface area contributed by atoms with Gasteiger partial charge in [-0.25, -0.2) is 0 Å². The SMILES string of the molecule is Oc1c(-c2ccccc2)ccc(Cl)c1Br. The first-order valence-electron chi connectivity index (χ1n) is 4.42. The molecule has 0 aliphatic rings. The Morgan fingerprint density at radius 2 is 1.67 bits per heavy atom. The molecule has 0 bridgehead atoms. The topological polar surface area (TPSA) is 20.2 Å². The zero-order chi connectivity index (χ0) is 10.8. The van der Waals surface area contributed by atoms with E-state index in [4.69, 9.17) is 11.6 Å². The second kappa shape index (κ2) is 4.25. The second-order valence-electron chi connectivity index (χ2n) is 3.12. The molecule has 3 heteroatoms. The predicted molar refractivity (Wildman–Crippen MR) is 66.3 cm³/mol. The monoisotopic (exact) mass is 282 g/mol. The molecule has 0 radical (unpaired) electrons. The van der Waals surface area contributed by atoms with E-state index in [1.807, 2.05) is 30.3 Å². The van der Waals surface area contributed by atoms with E-state index in [9.17, 15) is 5.11 Å². The summed E-state index contributed by atoms with van der Waals surface area (Å²) < 4.78 is 0.533. The minimum atomic E-state index is 0.175. The van der Waals surface area contributed by atoms with Gasteiger partial charge in [0.1, 0.15) is 5.75 Å². The number of hydrogen-bond acceptors (Lipinski definition) is 1. The highest BCUT2D eigenvalue weighted by molar-refractivity contribution is 9.10. The Balaban J connectivity index is 2.60. The van der Waals surface area contributed by atoms with Crippen LogP contribution in [0.2, 0.25) is 5.02 Å². The molecule has 0 unspecified atom stereocenters. The lowest BCUT2D eigenvalue weighted by Crippen LogP contribution is -1.80. The van der Waals surface area contributed by atoms with Gasteiger partial charge in [-0.15, -0.1) is 0 Å². The Morgan fingerprint density at radius 3 is 2.33 bits per heavy atom. The summed E-state index contributed by atoms with van der Waals surface area (Å²) in [5, 5.41) is 10.4. The summed E-state index contributed by atoms with van der Waals surface area (Å²) in [5.41, 5.74) is 1.74.